The summed E-state index contributed by atoms with van der Waals surface area (Å²) in [4.78, 5) is 36.0. The second kappa shape index (κ2) is 9.66. The summed E-state index contributed by atoms with van der Waals surface area (Å²) in [5.41, 5.74) is 3.14. The molecule has 1 spiro atoms. The Morgan fingerprint density at radius 3 is 2.72 bits per heavy atom. The van der Waals surface area contributed by atoms with Crippen molar-refractivity contribution in [1.82, 2.24) is 24.5 Å². The van der Waals surface area contributed by atoms with Crippen LogP contribution in [-0.2, 0) is 9.53 Å². The molecule has 11 heteroatoms. The molecule has 0 radical (unpaired) electrons. The molecule has 2 aliphatic rings. The van der Waals surface area contributed by atoms with E-state index in [2.05, 4.69) is 20.3 Å². The van der Waals surface area contributed by atoms with Crippen LogP contribution in [0, 0.1) is 6.92 Å². The van der Waals surface area contributed by atoms with E-state index in [1.54, 1.807) is 30.7 Å². The van der Waals surface area contributed by atoms with Crippen LogP contribution in [0.2, 0.25) is 0 Å². The van der Waals surface area contributed by atoms with Gasteiger partial charge in [0.15, 0.2) is 5.82 Å². The van der Waals surface area contributed by atoms with Gasteiger partial charge >= 0.3 is 0 Å². The summed E-state index contributed by atoms with van der Waals surface area (Å²) < 4.78 is 13.3. The maximum absolute atomic E-state index is 14.0. The number of hydrogen-bond acceptors (Lipinski definition) is 9. The predicted octanol–water partition coefficient (Wildman–Crippen LogP) is 3.82. The summed E-state index contributed by atoms with van der Waals surface area (Å²) in [5, 5.41) is 3.30. The first-order valence-electron chi connectivity index (χ1n) is 12.8. The Morgan fingerprint density at radius 2 is 2.03 bits per heavy atom. The van der Waals surface area contributed by atoms with Crippen molar-refractivity contribution in [3.8, 4) is 11.4 Å². The fourth-order valence-electron chi connectivity index (χ4n) is 5.30. The number of hydrogen-bond donors (Lipinski definition) is 1. The van der Waals surface area contributed by atoms with Crippen molar-refractivity contribution in [2.24, 2.45) is 0 Å². The number of aromatic nitrogens is 5. The highest BCUT2D eigenvalue weighted by Gasteiger charge is 2.54. The van der Waals surface area contributed by atoms with Crippen molar-refractivity contribution in [1.29, 1.82) is 0 Å². The second-order valence-corrected chi connectivity index (χ2v) is 9.84. The molecule has 6 rings (SSSR count). The molecule has 1 aromatic carbocycles. The minimum Gasteiger partial charge on any atom is -0.494 e. The van der Waals surface area contributed by atoms with Gasteiger partial charge in [0.05, 0.1) is 49.4 Å². The summed E-state index contributed by atoms with van der Waals surface area (Å²) >= 11 is 0. The lowest BCUT2D eigenvalue weighted by atomic mass is 9.90. The van der Waals surface area contributed by atoms with Gasteiger partial charge in [-0.15, -0.1) is 0 Å². The first kappa shape index (κ1) is 24.8. The maximum Gasteiger partial charge on any atom is 0.256 e. The van der Waals surface area contributed by atoms with Gasteiger partial charge in [-0.05, 0) is 38.1 Å². The number of rotatable bonds is 6. The van der Waals surface area contributed by atoms with Gasteiger partial charge in [-0.3, -0.25) is 14.7 Å². The molecule has 4 aromatic rings. The van der Waals surface area contributed by atoms with Crippen LogP contribution < -0.4 is 19.9 Å². The van der Waals surface area contributed by atoms with Crippen molar-refractivity contribution in [2.75, 3.05) is 42.5 Å². The number of nitrogens with zero attached hydrogens (tertiary/aromatic N) is 7. The molecule has 2 atom stereocenters. The topological polar surface area (TPSA) is 111 Å². The van der Waals surface area contributed by atoms with E-state index in [9.17, 15) is 4.79 Å². The number of benzene rings is 1. The number of imidazole rings is 1. The third kappa shape index (κ3) is 4.15. The Kier molecular flexibility index (Phi) is 6.15. The van der Waals surface area contributed by atoms with Crippen LogP contribution in [0.25, 0.3) is 5.69 Å². The number of nitrogens with one attached hydrogen (secondary N) is 1. The molecule has 0 bridgehead atoms. The molecular formula is C28H30N8O3. The zero-order valence-electron chi connectivity index (χ0n) is 22.3. The predicted molar refractivity (Wildman–Crippen MR) is 147 cm³/mol. The van der Waals surface area contributed by atoms with Crippen molar-refractivity contribution < 1.29 is 14.3 Å². The fraction of sp³-hybridized carbons (Fsp3) is 0.321. The minimum absolute atomic E-state index is 0.0347. The van der Waals surface area contributed by atoms with Crippen LogP contribution in [0.5, 0.6) is 5.75 Å². The molecule has 3 aromatic heterocycles. The third-order valence-electron chi connectivity index (χ3n) is 7.52. The lowest BCUT2D eigenvalue weighted by Gasteiger charge is -2.47. The van der Waals surface area contributed by atoms with Crippen molar-refractivity contribution in [3.05, 3.63) is 72.7 Å². The van der Waals surface area contributed by atoms with Gasteiger partial charge in [-0.1, -0.05) is 6.07 Å². The van der Waals surface area contributed by atoms with Crippen LogP contribution in [0.3, 0.4) is 0 Å². The lowest BCUT2D eigenvalue weighted by Crippen LogP contribution is -2.63. The number of pyridine rings is 1. The van der Waals surface area contributed by atoms with Crippen molar-refractivity contribution in [3.63, 3.8) is 0 Å². The zero-order chi connectivity index (χ0) is 27.1. The molecule has 5 heterocycles. The van der Waals surface area contributed by atoms with Gasteiger partial charge in [0, 0.05) is 44.2 Å². The number of ether oxygens (including phenoxy) is 2. The van der Waals surface area contributed by atoms with E-state index >= 15 is 0 Å². The quantitative estimate of drug-likeness (QED) is 0.401. The number of carbonyl (C=O) groups is 1. The molecular weight excluding hydrogens is 496 g/mol. The highest BCUT2D eigenvalue weighted by Crippen LogP contribution is 2.45. The number of aryl methyl sites for hydroxylation is 1. The van der Waals surface area contributed by atoms with Crippen LogP contribution >= 0.6 is 0 Å². The molecule has 1 fully saturated rings. The van der Waals surface area contributed by atoms with Crippen LogP contribution in [0.15, 0.2) is 61.3 Å². The molecule has 1 saturated heterocycles. The molecule has 0 aliphatic carbocycles. The number of anilines is 4. The summed E-state index contributed by atoms with van der Waals surface area (Å²) in [7, 11) is 3.53. The van der Waals surface area contributed by atoms with E-state index in [1.165, 1.54) is 0 Å². The van der Waals surface area contributed by atoms with Crippen LogP contribution in [0.4, 0.5) is 23.1 Å². The molecule has 200 valence electrons. The second-order valence-electron chi connectivity index (χ2n) is 9.84. The summed E-state index contributed by atoms with van der Waals surface area (Å²) in [6.45, 7) is 4.72. The standard InChI is InChI=1S/C28H30N8O3/c1-18-15-35(17-31-18)22-9-8-20(13-24(22)38-4)32-27-30-14-23-25(33-27)34(3)28(10-12-39-16-28)26(37)36(23)19(2)21-7-5-6-11-29-21/h5-9,11,13-15,17,19H,10,12,16H2,1-4H3,(H,30,32,33). The van der Waals surface area contributed by atoms with Crippen molar-refractivity contribution >= 4 is 29.0 Å². The van der Waals surface area contributed by atoms with Gasteiger partial charge in [0.25, 0.3) is 5.91 Å². The number of likely N-dealkylation sites (N-methyl/N-ethyl adjacent to an activating group) is 1. The normalized spacial score (nSPS) is 19.3. The van der Waals surface area contributed by atoms with Crippen LogP contribution in [0.1, 0.15) is 30.8 Å². The summed E-state index contributed by atoms with van der Waals surface area (Å²) in [6.07, 6.45) is 7.70. The smallest absolute Gasteiger partial charge is 0.256 e. The van der Waals surface area contributed by atoms with E-state index in [-0.39, 0.29) is 11.9 Å². The highest BCUT2D eigenvalue weighted by atomic mass is 16.5. The van der Waals surface area contributed by atoms with Crippen LogP contribution in [-0.4, -0.2) is 63.3 Å². The maximum atomic E-state index is 14.0. The largest absolute Gasteiger partial charge is 0.494 e. The third-order valence-corrected chi connectivity index (χ3v) is 7.52. The van der Waals surface area contributed by atoms with E-state index in [0.29, 0.717) is 42.8 Å². The number of carbonyl (C=O) groups excluding carboxylic acids is 1. The summed E-state index contributed by atoms with van der Waals surface area (Å²) in [5.74, 6) is 1.70. The molecule has 11 nitrogen and oxygen atoms in total. The monoisotopic (exact) mass is 526 g/mol. The molecule has 2 unspecified atom stereocenters. The first-order valence-corrected chi connectivity index (χ1v) is 12.8. The number of amides is 1. The van der Waals surface area contributed by atoms with Gasteiger partial charge in [0.1, 0.15) is 17.0 Å². The average molecular weight is 527 g/mol. The lowest BCUT2D eigenvalue weighted by molar-refractivity contribution is -0.124. The first-order chi connectivity index (χ1) is 18.9. The molecule has 1 amide bonds. The summed E-state index contributed by atoms with van der Waals surface area (Å²) in [6, 6.07) is 11.2. The van der Waals surface area contributed by atoms with Crippen molar-refractivity contribution in [2.45, 2.75) is 31.8 Å². The zero-order valence-corrected chi connectivity index (χ0v) is 22.3. The van der Waals surface area contributed by atoms with E-state index < -0.39 is 5.54 Å². The van der Waals surface area contributed by atoms with Gasteiger partial charge < -0.3 is 24.3 Å². The van der Waals surface area contributed by atoms with Gasteiger partial charge in [0.2, 0.25) is 5.95 Å². The fourth-order valence-corrected chi connectivity index (χ4v) is 5.30. The Hall–Kier alpha value is -4.51. The number of fused-ring (bicyclic) bond motifs is 1. The number of methoxy groups -OCH3 is 1. The van der Waals surface area contributed by atoms with E-state index in [0.717, 1.165) is 22.8 Å². The van der Waals surface area contributed by atoms with E-state index in [4.69, 9.17) is 14.5 Å². The minimum atomic E-state index is -0.838. The van der Waals surface area contributed by atoms with E-state index in [1.807, 2.05) is 73.0 Å². The Balaban J connectivity index is 1.37. The average Bonchev–Trinajstić information content (AvgIpc) is 3.63. The SMILES string of the molecule is COc1cc(Nc2ncc3c(n2)N(C)C2(CCOC2)C(=O)N3C(C)c2ccccn2)ccc1-n1cnc(C)c1. The molecule has 2 aliphatic heterocycles. The molecule has 39 heavy (non-hydrogen) atoms. The molecule has 0 saturated carbocycles. The van der Waals surface area contributed by atoms with Gasteiger partial charge in [-0.25, -0.2) is 9.97 Å². The Labute approximate surface area is 226 Å². The Morgan fingerprint density at radius 1 is 1.15 bits per heavy atom. The van der Waals surface area contributed by atoms with Gasteiger partial charge in [-0.2, -0.15) is 4.98 Å². The highest BCUT2D eigenvalue weighted by molar-refractivity contribution is 6.08. The molecule has 1 N–H and O–H groups in total. The Bertz CT molecular complexity index is 1520.